The van der Waals surface area contributed by atoms with Crippen molar-refractivity contribution >= 4 is 17.5 Å². The van der Waals surface area contributed by atoms with Crippen LogP contribution in [0.4, 0.5) is 4.39 Å². The Hall–Kier alpha value is -1.03. The average Bonchev–Trinajstić information content (AvgIpc) is 2.28. The van der Waals surface area contributed by atoms with Gasteiger partial charge < -0.3 is 4.74 Å². The van der Waals surface area contributed by atoms with Gasteiger partial charge in [-0.25, -0.2) is 4.39 Å². The standard InChI is InChI=1S/C14H19FO2S/c1-14(2,3)18-9-11(16)8-10-6-5-7-12(17-4)13(10)15/h5-7H,8-9H2,1-4H3. The molecule has 0 saturated heterocycles. The van der Waals surface area contributed by atoms with Crippen LogP contribution in [0, 0.1) is 5.82 Å². The molecule has 1 rings (SSSR count). The molecule has 0 aliphatic heterocycles. The summed E-state index contributed by atoms with van der Waals surface area (Å²) in [6, 6.07) is 4.87. The lowest BCUT2D eigenvalue weighted by Gasteiger charge is -2.16. The van der Waals surface area contributed by atoms with Gasteiger partial charge in [-0.1, -0.05) is 32.9 Å². The number of carbonyl (C=O) groups is 1. The monoisotopic (exact) mass is 270 g/mol. The number of ether oxygens (including phenoxy) is 1. The predicted octanol–water partition coefficient (Wildman–Crippen LogP) is 3.48. The molecule has 4 heteroatoms. The number of methoxy groups -OCH3 is 1. The summed E-state index contributed by atoms with van der Waals surface area (Å²) in [6.07, 6.45) is 0.117. The van der Waals surface area contributed by atoms with Crippen LogP contribution in [0.25, 0.3) is 0 Å². The van der Waals surface area contributed by atoms with Crippen LogP contribution in [-0.2, 0) is 11.2 Å². The zero-order valence-electron chi connectivity index (χ0n) is 11.2. The maximum atomic E-state index is 13.8. The molecule has 0 unspecified atom stereocenters. The molecule has 0 N–H and O–H groups in total. The molecule has 0 amide bonds. The average molecular weight is 270 g/mol. The van der Waals surface area contributed by atoms with Crippen molar-refractivity contribution in [1.82, 2.24) is 0 Å². The van der Waals surface area contributed by atoms with Gasteiger partial charge in [-0.15, -0.1) is 11.8 Å². The fourth-order valence-electron chi connectivity index (χ4n) is 1.41. The summed E-state index contributed by atoms with van der Waals surface area (Å²) < 4.78 is 18.8. The number of hydrogen-bond donors (Lipinski definition) is 0. The van der Waals surface area contributed by atoms with E-state index in [1.54, 1.807) is 30.0 Å². The molecule has 0 aliphatic rings. The van der Waals surface area contributed by atoms with E-state index in [0.717, 1.165) is 0 Å². The lowest BCUT2D eigenvalue weighted by Crippen LogP contribution is -2.15. The molecule has 0 saturated carbocycles. The van der Waals surface area contributed by atoms with E-state index in [2.05, 4.69) is 20.8 Å². The molecule has 0 spiro atoms. The fraction of sp³-hybridized carbons (Fsp3) is 0.500. The molecule has 0 aromatic heterocycles. The van der Waals surface area contributed by atoms with Crippen molar-refractivity contribution in [2.45, 2.75) is 31.9 Å². The minimum Gasteiger partial charge on any atom is -0.494 e. The molecule has 1 aromatic rings. The number of halogens is 1. The Balaban J connectivity index is 2.65. The van der Waals surface area contributed by atoms with Gasteiger partial charge in [-0.2, -0.15) is 0 Å². The summed E-state index contributed by atoms with van der Waals surface area (Å²) in [5.41, 5.74) is 0.397. The van der Waals surface area contributed by atoms with Crippen LogP contribution in [-0.4, -0.2) is 23.4 Å². The Morgan fingerprint density at radius 1 is 1.39 bits per heavy atom. The fourth-order valence-corrected chi connectivity index (χ4v) is 2.11. The maximum absolute atomic E-state index is 13.8. The first-order valence-corrected chi connectivity index (χ1v) is 6.79. The van der Waals surface area contributed by atoms with E-state index in [9.17, 15) is 9.18 Å². The van der Waals surface area contributed by atoms with Crippen LogP contribution in [0.5, 0.6) is 5.75 Å². The number of rotatable bonds is 5. The Labute approximate surface area is 112 Å². The quantitative estimate of drug-likeness (QED) is 0.819. The Kier molecular flexibility index (Phi) is 5.20. The van der Waals surface area contributed by atoms with Crippen LogP contribution in [0.15, 0.2) is 18.2 Å². The SMILES string of the molecule is COc1cccc(CC(=O)CSC(C)(C)C)c1F. The molecule has 0 aliphatic carbocycles. The van der Waals surface area contributed by atoms with Gasteiger partial charge in [-0.05, 0) is 11.6 Å². The van der Waals surface area contributed by atoms with Gasteiger partial charge in [-0.3, -0.25) is 4.79 Å². The van der Waals surface area contributed by atoms with Crippen molar-refractivity contribution in [2.24, 2.45) is 0 Å². The van der Waals surface area contributed by atoms with Gasteiger partial charge in [0.25, 0.3) is 0 Å². The number of benzene rings is 1. The van der Waals surface area contributed by atoms with Crippen molar-refractivity contribution in [3.05, 3.63) is 29.6 Å². The Bertz CT molecular complexity index is 424. The van der Waals surface area contributed by atoms with Crippen LogP contribution >= 0.6 is 11.8 Å². The zero-order valence-corrected chi connectivity index (χ0v) is 12.1. The third-order valence-electron chi connectivity index (χ3n) is 2.32. The minimum absolute atomic E-state index is 0.0297. The molecule has 0 fully saturated rings. The van der Waals surface area contributed by atoms with Gasteiger partial charge in [0.1, 0.15) is 5.78 Å². The molecule has 18 heavy (non-hydrogen) atoms. The number of ketones is 1. The van der Waals surface area contributed by atoms with Gasteiger partial charge in [0.05, 0.1) is 12.9 Å². The van der Waals surface area contributed by atoms with E-state index in [0.29, 0.717) is 11.3 Å². The topological polar surface area (TPSA) is 26.3 Å². The highest BCUT2D eigenvalue weighted by Gasteiger charge is 2.16. The number of carbonyl (C=O) groups excluding carboxylic acids is 1. The summed E-state index contributed by atoms with van der Waals surface area (Å²) in [5, 5.41) is 0. The van der Waals surface area contributed by atoms with Gasteiger partial charge in [0.2, 0.25) is 0 Å². The lowest BCUT2D eigenvalue weighted by molar-refractivity contribution is -0.116. The highest BCUT2D eigenvalue weighted by atomic mass is 32.2. The number of Topliss-reactive ketones (excluding diaryl/α,β-unsaturated/α-hetero) is 1. The summed E-state index contributed by atoms with van der Waals surface area (Å²) in [7, 11) is 1.42. The van der Waals surface area contributed by atoms with Crippen LogP contribution < -0.4 is 4.74 Å². The molecule has 0 radical (unpaired) electrons. The second-order valence-corrected chi connectivity index (χ2v) is 6.85. The molecule has 0 atom stereocenters. The van der Waals surface area contributed by atoms with E-state index in [-0.39, 0.29) is 22.7 Å². The van der Waals surface area contributed by atoms with E-state index >= 15 is 0 Å². The van der Waals surface area contributed by atoms with Gasteiger partial charge >= 0.3 is 0 Å². The lowest BCUT2D eigenvalue weighted by atomic mass is 10.1. The molecule has 1 aromatic carbocycles. The summed E-state index contributed by atoms with van der Waals surface area (Å²) in [6.45, 7) is 6.16. The molecule has 0 heterocycles. The number of hydrogen-bond acceptors (Lipinski definition) is 3. The highest BCUT2D eigenvalue weighted by Crippen LogP contribution is 2.24. The van der Waals surface area contributed by atoms with Crippen molar-refractivity contribution in [2.75, 3.05) is 12.9 Å². The third-order valence-corrected chi connectivity index (χ3v) is 3.65. The minimum atomic E-state index is -0.436. The van der Waals surface area contributed by atoms with Crippen molar-refractivity contribution in [3.8, 4) is 5.75 Å². The van der Waals surface area contributed by atoms with Crippen LogP contribution in [0.2, 0.25) is 0 Å². The Morgan fingerprint density at radius 3 is 2.61 bits per heavy atom. The first-order valence-electron chi connectivity index (χ1n) is 5.80. The maximum Gasteiger partial charge on any atom is 0.168 e. The Morgan fingerprint density at radius 2 is 2.06 bits per heavy atom. The first-order chi connectivity index (χ1) is 8.33. The molecular formula is C14H19FO2S. The molecule has 100 valence electrons. The van der Waals surface area contributed by atoms with Crippen LogP contribution in [0.1, 0.15) is 26.3 Å². The van der Waals surface area contributed by atoms with Gasteiger partial charge in [0, 0.05) is 11.2 Å². The third kappa shape index (κ3) is 4.69. The summed E-state index contributed by atoms with van der Waals surface area (Å²) in [4.78, 5) is 11.8. The largest absolute Gasteiger partial charge is 0.494 e. The molecular weight excluding hydrogens is 251 g/mol. The van der Waals surface area contributed by atoms with E-state index < -0.39 is 5.82 Å². The summed E-state index contributed by atoms with van der Waals surface area (Å²) in [5.74, 6) is 0.181. The molecule has 0 bridgehead atoms. The second-order valence-electron chi connectivity index (χ2n) is 5.05. The normalized spacial score (nSPS) is 11.4. The van der Waals surface area contributed by atoms with Gasteiger partial charge in [0.15, 0.2) is 11.6 Å². The molecule has 2 nitrogen and oxygen atoms in total. The van der Waals surface area contributed by atoms with E-state index in [4.69, 9.17) is 4.74 Å². The second kappa shape index (κ2) is 6.23. The van der Waals surface area contributed by atoms with Crippen molar-refractivity contribution < 1.29 is 13.9 Å². The highest BCUT2D eigenvalue weighted by molar-refractivity contribution is 8.01. The number of thioether (sulfide) groups is 1. The zero-order chi connectivity index (χ0) is 13.8. The van der Waals surface area contributed by atoms with E-state index in [1.165, 1.54) is 7.11 Å². The predicted molar refractivity (Wildman–Crippen MR) is 73.9 cm³/mol. The summed E-state index contributed by atoms with van der Waals surface area (Å²) >= 11 is 1.57. The van der Waals surface area contributed by atoms with Crippen LogP contribution in [0.3, 0.4) is 0 Å². The van der Waals surface area contributed by atoms with Crippen molar-refractivity contribution in [1.29, 1.82) is 0 Å². The van der Waals surface area contributed by atoms with E-state index in [1.807, 2.05) is 0 Å². The smallest absolute Gasteiger partial charge is 0.168 e. The van der Waals surface area contributed by atoms with Crippen molar-refractivity contribution in [3.63, 3.8) is 0 Å². The first kappa shape index (κ1) is 15.0.